The van der Waals surface area contributed by atoms with E-state index in [1.165, 1.54) is 17.0 Å². The molecule has 0 saturated carbocycles. The van der Waals surface area contributed by atoms with Gasteiger partial charge in [-0.3, -0.25) is 0 Å². The number of alkyl halides is 4. The van der Waals surface area contributed by atoms with Crippen LogP contribution in [0.15, 0.2) is 66.7 Å². The summed E-state index contributed by atoms with van der Waals surface area (Å²) in [5.74, 6) is 0. The summed E-state index contributed by atoms with van der Waals surface area (Å²) in [6, 6.07) is 17.3. The van der Waals surface area contributed by atoms with E-state index in [2.05, 4.69) is 0 Å². The van der Waals surface area contributed by atoms with Gasteiger partial charge in [-0.2, -0.15) is 13.2 Å². The standard InChI is InChI=1S/C27H29F4NO2/c1-18(22-14-8-10-19-9-5-6-13-23(19)22)32(25(33)34-26(2,3)4)16-15-24(28)20-11-7-12-21(17-20)27(29,30)31/h5-14,17-18,24H,15-16H2,1-4H3/i28-1. The van der Waals surface area contributed by atoms with Gasteiger partial charge in [0, 0.05) is 13.0 Å². The van der Waals surface area contributed by atoms with Crippen LogP contribution in [-0.2, 0) is 10.9 Å². The average Bonchev–Trinajstić information content (AvgIpc) is 2.77. The summed E-state index contributed by atoms with van der Waals surface area (Å²) in [5, 5.41) is 1.96. The number of nitrogens with zero attached hydrogens (tertiary/aromatic N) is 1. The van der Waals surface area contributed by atoms with Crippen molar-refractivity contribution >= 4 is 16.9 Å². The molecule has 0 bridgehead atoms. The van der Waals surface area contributed by atoms with E-state index in [0.29, 0.717) is 0 Å². The smallest absolute Gasteiger partial charge is 0.416 e. The lowest BCUT2D eigenvalue weighted by atomic mass is 9.98. The highest BCUT2D eigenvalue weighted by Crippen LogP contribution is 2.34. The van der Waals surface area contributed by atoms with Gasteiger partial charge in [-0.25, -0.2) is 9.18 Å². The third kappa shape index (κ3) is 6.27. The molecular weight excluding hydrogens is 445 g/mol. The number of carbonyl (C=O) groups is 1. The van der Waals surface area contributed by atoms with Crippen LogP contribution in [-0.4, -0.2) is 23.1 Å². The number of rotatable bonds is 6. The zero-order valence-electron chi connectivity index (χ0n) is 19.7. The number of hydrogen-bond donors (Lipinski definition) is 0. The molecule has 2 unspecified atom stereocenters. The second-order valence-corrected chi connectivity index (χ2v) is 9.30. The summed E-state index contributed by atoms with van der Waals surface area (Å²) in [5.41, 5.74) is -0.861. The number of benzene rings is 3. The van der Waals surface area contributed by atoms with E-state index in [-0.39, 0.29) is 18.5 Å². The summed E-state index contributed by atoms with van der Waals surface area (Å²) in [7, 11) is 0. The first-order valence-corrected chi connectivity index (χ1v) is 11.2. The highest BCUT2D eigenvalue weighted by atomic mass is 19.4. The van der Waals surface area contributed by atoms with Crippen LogP contribution in [0.3, 0.4) is 0 Å². The fourth-order valence-corrected chi connectivity index (χ4v) is 3.88. The Kier molecular flexibility index (Phi) is 7.54. The Hall–Kier alpha value is -3.09. The molecule has 182 valence electrons. The van der Waals surface area contributed by atoms with Crippen LogP contribution in [0, 0.1) is 0 Å². The molecule has 2 atom stereocenters. The molecule has 3 aromatic rings. The van der Waals surface area contributed by atoms with Gasteiger partial charge < -0.3 is 9.64 Å². The second-order valence-electron chi connectivity index (χ2n) is 9.30. The predicted octanol–water partition coefficient (Wildman–Crippen LogP) is 8.26. The molecule has 0 radical (unpaired) electrons. The lowest BCUT2D eigenvalue weighted by Crippen LogP contribution is -2.39. The fourth-order valence-electron chi connectivity index (χ4n) is 3.88. The average molecular weight is 475 g/mol. The van der Waals surface area contributed by atoms with Crippen molar-refractivity contribution in [3.63, 3.8) is 0 Å². The number of ether oxygens (including phenoxy) is 1. The normalized spacial score (nSPS) is 14.0. The molecule has 0 heterocycles. The van der Waals surface area contributed by atoms with Gasteiger partial charge in [-0.1, -0.05) is 54.6 Å². The van der Waals surface area contributed by atoms with Crippen LogP contribution in [0.25, 0.3) is 10.8 Å². The molecule has 1 amide bonds. The molecule has 3 aromatic carbocycles. The Morgan fingerprint density at radius 3 is 2.29 bits per heavy atom. The summed E-state index contributed by atoms with van der Waals surface area (Å²) in [4.78, 5) is 14.5. The van der Waals surface area contributed by atoms with Gasteiger partial charge in [0.1, 0.15) is 11.8 Å². The Balaban J connectivity index is 1.87. The summed E-state index contributed by atoms with van der Waals surface area (Å²) < 4.78 is 59.7. The van der Waals surface area contributed by atoms with Gasteiger partial charge in [0.15, 0.2) is 0 Å². The van der Waals surface area contributed by atoms with E-state index in [4.69, 9.17) is 4.74 Å². The minimum absolute atomic E-state index is 0.0310. The summed E-state index contributed by atoms with van der Waals surface area (Å²) in [6.07, 6.45) is -7.01. The quantitative estimate of drug-likeness (QED) is 0.337. The van der Waals surface area contributed by atoms with Crippen LogP contribution in [0.5, 0.6) is 0 Å². The molecule has 0 N–H and O–H groups in total. The predicted molar refractivity (Wildman–Crippen MR) is 125 cm³/mol. The van der Waals surface area contributed by atoms with Gasteiger partial charge in [-0.15, -0.1) is 0 Å². The molecule has 0 aliphatic heterocycles. The van der Waals surface area contributed by atoms with E-state index in [0.717, 1.165) is 28.5 Å². The third-order valence-corrected chi connectivity index (χ3v) is 5.57. The van der Waals surface area contributed by atoms with Gasteiger partial charge in [-0.05, 0) is 61.7 Å². The minimum Gasteiger partial charge on any atom is -0.444 e. The maximum atomic E-state index is 15.0. The van der Waals surface area contributed by atoms with E-state index < -0.39 is 35.6 Å². The Morgan fingerprint density at radius 1 is 0.971 bits per heavy atom. The zero-order valence-corrected chi connectivity index (χ0v) is 19.7. The van der Waals surface area contributed by atoms with Crippen molar-refractivity contribution in [2.24, 2.45) is 0 Å². The maximum absolute atomic E-state index is 15.0. The molecule has 0 aliphatic rings. The van der Waals surface area contributed by atoms with Crippen molar-refractivity contribution in [3.8, 4) is 0 Å². The molecule has 0 fully saturated rings. The summed E-state index contributed by atoms with van der Waals surface area (Å²) >= 11 is 0. The van der Waals surface area contributed by atoms with Gasteiger partial charge in [0.2, 0.25) is 0 Å². The van der Waals surface area contributed by atoms with Crippen LogP contribution < -0.4 is 0 Å². The molecule has 34 heavy (non-hydrogen) atoms. The first-order chi connectivity index (χ1) is 15.9. The largest absolute Gasteiger partial charge is 0.444 e. The van der Waals surface area contributed by atoms with Crippen molar-refractivity contribution in [1.29, 1.82) is 0 Å². The first-order valence-electron chi connectivity index (χ1n) is 11.2. The SMILES string of the molecule is CC(c1cccc2ccccc12)N(CCC([18F])c1cccc(C(F)(F)F)c1)C(=O)OC(C)(C)C. The molecular formula is C27H29F4NO2. The van der Waals surface area contributed by atoms with E-state index >= 15 is 4.39 Å². The fraction of sp³-hybridized carbons (Fsp3) is 0.370. The first kappa shape index (κ1) is 25.5. The number of fused-ring (bicyclic) bond motifs is 1. The maximum Gasteiger partial charge on any atom is 0.416 e. The lowest BCUT2D eigenvalue weighted by molar-refractivity contribution is -0.137. The van der Waals surface area contributed by atoms with Crippen molar-refractivity contribution < 1.29 is 27.1 Å². The number of halogens is 4. The summed E-state index contributed by atoms with van der Waals surface area (Å²) in [6.45, 7) is 7.03. The molecule has 7 heteroatoms. The monoisotopic (exact) mass is 474 g/mol. The van der Waals surface area contributed by atoms with E-state index in [1.807, 2.05) is 49.4 Å². The van der Waals surface area contributed by atoms with Crippen molar-refractivity contribution in [2.75, 3.05) is 6.54 Å². The number of carbonyl (C=O) groups excluding carboxylic acids is 1. The minimum atomic E-state index is -4.55. The topological polar surface area (TPSA) is 29.5 Å². The third-order valence-electron chi connectivity index (χ3n) is 5.57. The molecule has 3 rings (SSSR count). The molecule has 0 spiro atoms. The molecule has 0 aliphatic carbocycles. The van der Waals surface area contributed by atoms with Crippen molar-refractivity contribution in [3.05, 3.63) is 83.4 Å². The number of amides is 1. The highest BCUT2D eigenvalue weighted by Gasteiger charge is 2.32. The van der Waals surface area contributed by atoms with E-state index in [1.54, 1.807) is 20.8 Å². The Labute approximate surface area is 197 Å². The molecule has 0 aromatic heterocycles. The highest BCUT2D eigenvalue weighted by molar-refractivity contribution is 5.86. The van der Waals surface area contributed by atoms with Crippen LogP contribution >= 0.6 is 0 Å². The lowest BCUT2D eigenvalue weighted by Gasteiger charge is -2.33. The van der Waals surface area contributed by atoms with Crippen molar-refractivity contribution in [2.45, 2.75) is 58.1 Å². The zero-order chi connectivity index (χ0) is 25.1. The Morgan fingerprint density at radius 2 is 1.62 bits per heavy atom. The van der Waals surface area contributed by atoms with Crippen LogP contribution in [0.4, 0.5) is 22.4 Å². The van der Waals surface area contributed by atoms with Crippen LogP contribution in [0.1, 0.15) is 63.0 Å². The number of hydrogen-bond acceptors (Lipinski definition) is 2. The molecule has 0 saturated heterocycles. The molecule has 3 nitrogen and oxygen atoms in total. The van der Waals surface area contributed by atoms with E-state index in [9.17, 15) is 18.0 Å². The Bertz CT molecular complexity index is 1130. The van der Waals surface area contributed by atoms with Crippen molar-refractivity contribution in [1.82, 2.24) is 4.90 Å². The van der Waals surface area contributed by atoms with Crippen LogP contribution in [0.2, 0.25) is 0 Å². The van der Waals surface area contributed by atoms with Gasteiger partial charge >= 0.3 is 12.3 Å². The second kappa shape index (κ2) is 10.0. The van der Waals surface area contributed by atoms with Gasteiger partial charge in [0.25, 0.3) is 0 Å². The van der Waals surface area contributed by atoms with Gasteiger partial charge in [0.05, 0.1) is 11.6 Å².